The van der Waals surface area contributed by atoms with Crippen LogP contribution in [0, 0.1) is 17.1 Å². The van der Waals surface area contributed by atoms with Gasteiger partial charge in [-0.2, -0.15) is 5.26 Å². The summed E-state index contributed by atoms with van der Waals surface area (Å²) in [6.07, 6.45) is 1.65. The number of carbonyl (C=O) groups excluding carboxylic acids is 1. The molecule has 2 aromatic rings. The van der Waals surface area contributed by atoms with Crippen molar-refractivity contribution in [2.75, 3.05) is 6.61 Å². The number of benzene rings is 2. The molecule has 1 aliphatic heterocycles. The minimum absolute atomic E-state index is 0.0838. The van der Waals surface area contributed by atoms with Gasteiger partial charge in [0.1, 0.15) is 23.3 Å². The van der Waals surface area contributed by atoms with Crippen LogP contribution in [0.25, 0.3) is 6.08 Å². The third-order valence-corrected chi connectivity index (χ3v) is 4.13. The zero-order valence-electron chi connectivity index (χ0n) is 12.9. The monoisotopic (exact) mass is 353 g/mol. The molecule has 5 nitrogen and oxygen atoms in total. The quantitative estimate of drug-likeness (QED) is 0.852. The van der Waals surface area contributed by atoms with E-state index in [9.17, 15) is 9.18 Å². The highest BCUT2D eigenvalue weighted by atomic mass is 32.2. The second-order valence-electron chi connectivity index (χ2n) is 4.92. The maximum atomic E-state index is 13.7. The number of thioether (sulfide) groups is 1. The van der Waals surface area contributed by atoms with Crippen molar-refractivity contribution >= 4 is 34.6 Å². The Morgan fingerprint density at radius 2 is 2.00 bits per heavy atom. The van der Waals surface area contributed by atoms with E-state index in [1.807, 2.05) is 6.07 Å². The van der Waals surface area contributed by atoms with E-state index >= 15 is 0 Å². The fourth-order valence-electron chi connectivity index (χ4n) is 2.11. The zero-order chi connectivity index (χ0) is 17.6. The van der Waals surface area contributed by atoms with Crippen molar-refractivity contribution in [1.82, 2.24) is 5.32 Å². The SMILES string of the molecule is N#CCOc1ccccc1/C=C1\SC(=Nc2ccccc2F)NC1=O. The Balaban J connectivity index is 1.85. The smallest absolute Gasteiger partial charge is 0.264 e. The minimum Gasteiger partial charge on any atom is -0.478 e. The molecule has 124 valence electrons. The maximum absolute atomic E-state index is 13.7. The summed E-state index contributed by atoms with van der Waals surface area (Å²) in [6, 6.07) is 15.1. The van der Waals surface area contributed by atoms with Gasteiger partial charge >= 0.3 is 0 Å². The van der Waals surface area contributed by atoms with Gasteiger partial charge in [-0.1, -0.05) is 30.3 Å². The van der Waals surface area contributed by atoms with Gasteiger partial charge in [0.05, 0.1) is 4.91 Å². The molecule has 0 saturated carbocycles. The molecular weight excluding hydrogens is 341 g/mol. The Hall–Kier alpha value is -3.11. The zero-order valence-corrected chi connectivity index (χ0v) is 13.7. The molecule has 0 aliphatic carbocycles. The number of nitriles is 1. The fraction of sp³-hybridized carbons (Fsp3) is 0.0556. The Morgan fingerprint density at radius 3 is 2.80 bits per heavy atom. The molecule has 0 radical (unpaired) electrons. The molecule has 0 bridgehead atoms. The van der Waals surface area contributed by atoms with Gasteiger partial charge < -0.3 is 10.1 Å². The van der Waals surface area contributed by atoms with Crippen LogP contribution in [0.4, 0.5) is 10.1 Å². The summed E-state index contributed by atoms with van der Waals surface area (Å²) < 4.78 is 19.0. The van der Waals surface area contributed by atoms with Gasteiger partial charge in [0, 0.05) is 5.56 Å². The van der Waals surface area contributed by atoms with Crippen molar-refractivity contribution in [3.8, 4) is 11.8 Å². The van der Waals surface area contributed by atoms with Crippen LogP contribution in [-0.2, 0) is 4.79 Å². The molecule has 1 N–H and O–H groups in total. The van der Waals surface area contributed by atoms with Gasteiger partial charge in [0.25, 0.3) is 5.91 Å². The first-order valence-corrected chi connectivity index (χ1v) is 8.12. The van der Waals surface area contributed by atoms with Crippen LogP contribution in [0.2, 0.25) is 0 Å². The third-order valence-electron chi connectivity index (χ3n) is 3.22. The summed E-state index contributed by atoms with van der Waals surface area (Å²) in [5, 5.41) is 11.5. The van der Waals surface area contributed by atoms with Crippen LogP contribution in [0.15, 0.2) is 58.4 Å². The number of hydrogen-bond acceptors (Lipinski definition) is 5. The fourth-order valence-corrected chi connectivity index (χ4v) is 2.94. The van der Waals surface area contributed by atoms with E-state index in [4.69, 9.17) is 10.00 Å². The Morgan fingerprint density at radius 1 is 1.24 bits per heavy atom. The van der Waals surface area contributed by atoms with E-state index in [0.29, 0.717) is 21.4 Å². The lowest BCUT2D eigenvalue weighted by Crippen LogP contribution is -2.19. The average Bonchev–Trinajstić information content (AvgIpc) is 2.95. The van der Waals surface area contributed by atoms with Crippen LogP contribution in [0.3, 0.4) is 0 Å². The summed E-state index contributed by atoms with van der Waals surface area (Å²) in [5.41, 5.74) is 0.826. The molecule has 2 aromatic carbocycles. The maximum Gasteiger partial charge on any atom is 0.264 e. The molecule has 0 atom stereocenters. The molecule has 25 heavy (non-hydrogen) atoms. The molecule has 0 aromatic heterocycles. The lowest BCUT2D eigenvalue weighted by Gasteiger charge is -2.05. The van der Waals surface area contributed by atoms with Crippen molar-refractivity contribution in [2.24, 2.45) is 4.99 Å². The third kappa shape index (κ3) is 4.05. The minimum atomic E-state index is -0.461. The van der Waals surface area contributed by atoms with Gasteiger partial charge in [0.2, 0.25) is 0 Å². The first-order valence-electron chi connectivity index (χ1n) is 7.30. The second kappa shape index (κ2) is 7.64. The van der Waals surface area contributed by atoms with Gasteiger partial charge in [-0.15, -0.1) is 0 Å². The van der Waals surface area contributed by atoms with E-state index < -0.39 is 5.82 Å². The van der Waals surface area contributed by atoms with E-state index in [2.05, 4.69) is 10.3 Å². The molecule has 7 heteroatoms. The Labute approximate surface area is 147 Å². The van der Waals surface area contributed by atoms with Crippen molar-refractivity contribution in [2.45, 2.75) is 0 Å². The van der Waals surface area contributed by atoms with Crippen LogP contribution in [0.5, 0.6) is 5.75 Å². The molecule has 0 spiro atoms. The highest BCUT2D eigenvalue weighted by Gasteiger charge is 2.24. The van der Waals surface area contributed by atoms with E-state index in [1.165, 1.54) is 12.1 Å². The summed E-state index contributed by atoms with van der Waals surface area (Å²) in [5.74, 6) is -0.280. The summed E-state index contributed by atoms with van der Waals surface area (Å²) in [7, 11) is 0. The van der Waals surface area contributed by atoms with Crippen LogP contribution in [0.1, 0.15) is 5.56 Å². The largest absolute Gasteiger partial charge is 0.478 e. The number of hydrogen-bond donors (Lipinski definition) is 1. The van der Waals surface area contributed by atoms with Gasteiger partial charge in [-0.05, 0) is 36.0 Å². The summed E-state index contributed by atoms with van der Waals surface area (Å²) >= 11 is 1.11. The summed E-state index contributed by atoms with van der Waals surface area (Å²) in [4.78, 5) is 16.7. The van der Waals surface area contributed by atoms with E-state index in [-0.39, 0.29) is 18.2 Å². The molecule has 1 heterocycles. The predicted octanol–water partition coefficient (Wildman–Crippen LogP) is 3.62. The number of para-hydroxylation sites is 2. The first kappa shape index (κ1) is 16.7. The highest BCUT2D eigenvalue weighted by Crippen LogP contribution is 2.31. The van der Waals surface area contributed by atoms with Crippen molar-refractivity contribution in [3.63, 3.8) is 0 Å². The number of amidine groups is 1. The molecule has 1 fully saturated rings. The van der Waals surface area contributed by atoms with Crippen LogP contribution in [-0.4, -0.2) is 17.7 Å². The molecule has 1 aliphatic rings. The standard InChI is InChI=1S/C18H12FN3O2S/c19-13-6-2-3-7-14(13)21-18-22-17(23)16(25-18)11-12-5-1-4-8-15(12)24-10-9-20/h1-8,11H,10H2,(H,21,22,23)/b16-11-. The van der Waals surface area contributed by atoms with Gasteiger partial charge in [-0.3, -0.25) is 4.79 Å². The van der Waals surface area contributed by atoms with Crippen molar-refractivity contribution in [1.29, 1.82) is 5.26 Å². The van der Waals surface area contributed by atoms with Crippen molar-refractivity contribution < 1.29 is 13.9 Å². The number of amides is 1. The number of rotatable bonds is 4. The molecule has 3 rings (SSSR count). The Bertz CT molecular complexity index is 919. The second-order valence-corrected chi connectivity index (χ2v) is 5.95. The first-order chi connectivity index (χ1) is 12.2. The van der Waals surface area contributed by atoms with E-state index in [1.54, 1.807) is 42.5 Å². The topological polar surface area (TPSA) is 74.5 Å². The Kier molecular flexibility index (Phi) is 5.11. The molecule has 0 unspecified atom stereocenters. The lowest BCUT2D eigenvalue weighted by atomic mass is 10.2. The highest BCUT2D eigenvalue weighted by molar-refractivity contribution is 8.18. The molecule has 1 amide bonds. The predicted molar refractivity (Wildman–Crippen MR) is 94.8 cm³/mol. The average molecular weight is 353 g/mol. The number of nitrogens with zero attached hydrogens (tertiary/aromatic N) is 2. The van der Waals surface area contributed by atoms with Gasteiger partial charge in [-0.25, -0.2) is 9.38 Å². The number of ether oxygens (including phenoxy) is 1. The number of carbonyl (C=O) groups is 1. The molecular formula is C18H12FN3O2S. The number of nitrogens with one attached hydrogen (secondary N) is 1. The summed E-state index contributed by atoms with van der Waals surface area (Å²) in [6.45, 7) is -0.0838. The number of aliphatic imine (C=N–C) groups is 1. The van der Waals surface area contributed by atoms with Crippen LogP contribution >= 0.6 is 11.8 Å². The normalized spacial score (nSPS) is 16.7. The van der Waals surface area contributed by atoms with E-state index in [0.717, 1.165) is 11.8 Å². The number of halogens is 1. The molecule has 1 saturated heterocycles. The van der Waals surface area contributed by atoms with Crippen LogP contribution < -0.4 is 10.1 Å². The van der Waals surface area contributed by atoms with Gasteiger partial charge in [0.15, 0.2) is 11.8 Å². The lowest BCUT2D eigenvalue weighted by molar-refractivity contribution is -0.115. The van der Waals surface area contributed by atoms with Crippen molar-refractivity contribution in [3.05, 3.63) is 64.8 Å².